The Morgan fingerprint density at radius 2 is 2.22 bits per heavy atom. The van der Waals surface area contributed by atoms with Gasteiger partial charge < -0.3 is 14.9 Å². The molecule has 0 aliphatic carbocycles. The van der Waals surface area contributed by atoms with Gasteiger partial charge in [-0.15, -0.1) is 0 Å². The fraction of sp³-hybridized carbons (Fsp3) is 0.308. The molecular formula is C13H15FO4. The van der Waals surface area contributed by atoms with E-state index in [2.05, 4.69) is 0 Å². The molecule has 0 aliphatic rings. The summed E-state index contributed by atoms with van der Waals surface area (Å²) in [7, 11) is 1.33. The number of carboxylic acid groups (broad SMARTS) is 1. The van der Waals surface area contributed by atoms with E-state index in [0.717, 1.165) is 6.07 Å². The molecule has 1 unspecified atom stereocenters. The number of aliphatic hydroxyl groups excluding tert-OH is 1. The standard InChI is InChI=1S/C13H15FO4/c1-3-4-9(13(16)17)12(15)8-5-6-11(18-2)10(14)7-8/h4-7,12,15H,3H2,1-2H3,(H,16,17). The van der Waals surface area contributed by atoms with E-state index in [1.807, 2.05) is 0 Å². The third-order valence-electron chi connectivity index (χ3n) is 2.46. The van der Waals surface area contributed by atoms with Gasteiger partial charge in [0.05, 0.1) is 12.7 Å². The van der Waals surface area contributed by atoms with Gasteiger partial charge in [0.25, 0.3) is 0 Å². The molecule has 0 aliphatic heterocycles. The van der Waals surface area contributed by atoms with E-state index in [1.165, 1.54) is 25.3 Å². The maximum absolute atomic E-state index is 13.5. The zero-order chi connectivity index (χ0) is 13.7. The van der Waals surface area contributed by atoms with Crippen molar-refractivity contribution < 1.29 is 24.1 Å². The Morgan fingerprint density at radius 3 is 2.67 bits per heavy atom. The van der Waals surface area contributed by atoms with Crippen molar-refractivity contribution in [3.63, 3.8) is 0 Å². The lowest BCUT2D eigenvalue weighted by atomic mass is 10.0. The van der Waals surface area contributed by atoms with Gasteiger partial charge in [-0.3, -0.25) is 0 Å². The van der Waals surface area contributed by atoms with Crippen molar-refractivity contribution in [3.05, 3.63) is 41.2 Å². The summed E-state index contributed by atoms with van der Waals surface area (Å²) in [6.07, 6.45) is 0.509. The highest BCUT2D eigenvalue weighted by molar-refractivity contribution is 5.88. The van der Waals surface area contributed by atoms with Crippen LogP contribution < -0.4 is 4.74 Å². The molecule has 1 rings (SSSR count). The monoisotopic (exact) mass is 254 g/mol. The van der Waals surface area contributed by atoms with E-state index >= 15 is 0 Å². The molecule has 98 valence electrons. The van der Waals surface area contributed by atoms with Gasteiger partial charge in [0.2, 0.25) is 0 Å². The summed E-state index contributed by atoms with van der Waals surface area (Å²) in [5.74, 6) is -1.82. The Hall–Kier alpha value is -1.88. The average Bonchev–Trinajstić information content (AvgIpc) is 2.34. The van der Waals surface area contributed by atoms with Gasteiger partial charge >= 0.3 is 5.97 Å². The molecule has 0 radical (unpaired) electrons. The number of hydrogen-bond acceptors (Lipinski definition) is 3. The number of aliphatic carboxylic acids is 1. The first-order valence-electron chi connectivity index (χ1n) is 5.46. The van der Waals surface area contributed by atoms with Crippen molar-refractivity contribution in [1.29, 1.82) is 0 Å². The molecule has 0 saturated carbocycles. The number of allylic oxidation sites excluding steroid dienone is 1. The van der Waals surface area contributed by atoms with Crippen molar-refractivity contribution >= 4 is 5.97 Å². The minimum absolute atomic E-state index is 0.0438. The largest absolute Gasteiger partial charge is 0.494 e. The topological polar surface area (TPSA) is 66.8 Å². The van der Waals surface area contributed by atoms with E-state index < -0.39 is 17.9 Å². The summed E-state index contributed by atoms with van der Waals surface area (Å²) < 4.78 is 18.2. The van der Waals surface area contributed by atoms with Crippen LogP contribution in [-0.4, -0.2) is 23.3 Å². The molecule has 0 fully saturated rings. The second-order valence-corrected chi connectivity index (χ2v) is 3.67. The molecule has 0 amide bonds. The first-order chi connectivity index (χ1) is 8.51. The fourth-order valence-corrected chi connectivity index (χ4v) is 1.57. The lowest BCUT2D eigenvalue weighted by Gasteiger charge is -2.13. The Kier molecular flexibility index (Phi) is 4.85. The highest BCUT2D eigenvalue weighted by atomic mass is 19.1. The van der Waals surface area contributed by atoms with Gasteiger partial charge in [-0.1, -0.05) is 19.1 Å². The van der Waals surface area contributed by atoms with E-state index in [0.29, 0.717) is 6.42 Å². The molecule has 5 heteroatoms. The van der Waals surface area contributed by atoms with Crippen LogP contribution in [0.4, 0.5) is 4.39 Å². The number of carbonyl (C=O) groups is 1. The number of hydrogen-bond donors (Lipinski definition) is 2. The molecule has 1 aromatic carbocycles. The number of methoxy groups -OCH3 is 1. The number of benzene rings is 1. The van der Waals surface area contributed by atoms with Crippen molar-refractivity contribution in [1.82, 2.24) is 0 Å². The summed E-state index contributed by atoms with van der Waals surface area (Å²) in [6, 6.07) is 3.84. The molecule has 0 saturated heterocycles. The maximum atomic E-state index is 13.5. The number of carboxylic acids is 1. The van der Waals surface area contributed by atoms with Crippen LogP contribution in [0, 0.1) is 5.82 Å². The molecule has 0 bridgehead atoms. The first-order valence-corrected chi connectivity index (χ1v) is 5.46. The smallest absolute Gasteiger partial charge is 0.334 e. The summed E-state index contributed by atoms with van der Waals surface area (Å²) in [6.45, 7) is 1.75. The third-order valence-corrected chi connectivity index (χ3v) is 2.46. The van der Waals surface area contributed by atoms with Gasteiger partial charge in [0, 0.05) is 0 Å². The van der Waals surface area contributed by atoms with Crippen LogP contribution in [0.3, 0.4) is 0 Å². The van der Waals surface area contributed by atoms with E-state index in [4.69, 9.17) is 9.84 Å². The van der Waals surface area contributed by atoms with Crippen LogP contribution in [0.15, 0.2) is 29.8 Å². The van der Waals surface area contributed by atoms with Crippen molar-refractivity contribution in [3.8, 4) is 5.75 Å². The highest BCUT2D eigenvalue weighted by Crippen LogP contribution is 2.26. The van der Waals surface area contributed by atoms with Gasteiger partial charge in [-0.2, -0.15) is 0 Å². The Labute approximate surface area is 104 Å². The van der Waals surface area contributed by atoms with E-state index in [9.17, 15) is 14.3 Å². The second kappa shape index (κ2) is 6.16. The Bertz CT molecular complexity index is 468. The van der Waals surface area contributed by atoms with Crippen LogP contribution in [0.5, 0.6) is 5.75 Å². The minimum atomic E-state index is -1.36. The Balaban J connectivity index is 3.09. The summed E-state index contributed by atoms with van der Waals surface area (Å²) in [5, 5.41) is 18.9. The van der Waals surface area contributed by atoms with Gasteiger partial charge in [0.1, 0.15) is 6.10 Å². The highest BCUT2D eigenvalue weighted by Gasteiger charge is 2.20. The van der Waals surface area contributed by atoms with E-state index in [1.54, 1.807) is 6.92 Å². The quantitative estimate of drug-likeness (QED) is 0.791. The summed E-state index contributed by atoms with van der Waals surface area (Å²) in [4.78, 5) is 11.0. The van der Waals surface area contributed by atoms with Gasteiger partial charge in [0.15, 0.2) is 11.6 Å². The molecule has 4 nitrogen and oxygen atoms in total. The van der Waals surface area contributed by atoms with Crippen LogP contribution >= 0.6 is 0 Å². The Morgan fingerprint density at radius 1 is 1.56 bits per heavy atom. The maximum Gasteiger partial charge on any atom is 0.334 e. The number of rotatable bonds is 5. The second-order valence-electron chi connectivity index (χ2n) is 3.67. The lowest BCUT2D eigenvalue weighted by molar-refractivity contribution is -0.133. The van der Waals surface area contributed by atoms with Crippen LogP contribution in [-0.2, 0) is 4.79 Å². The fourth-order valence-electron chi connectivity index (χ4n) is 1.57. The molecule has 1 aromatic rings. The summed E-state index contributed by atoms with van der Waals surface area (Å²) in [5.41, 5.74) is 0.0115. The van der Waals surface area contributed by atoms with Crippen molar-refractivity contribution in [2.24, 2.45) is 0 Å². The lowest BCUT2D eigenvalue weighted by Crippen LogP contribution is -2.11. The van der Waals surface area contributed by atoms with Crippen LogP contribution in [0.25, 0.3) is 0 Å². The summed E-state index contributed by atoms with van der Waals surface area (Å²) >= 11 is 0. The van der Waals surface area contributed by atoms with Crippen LogP contribution in [0.1, 0.15) is 25.0 Å². The minimum Gasteiger partial charge on any atom is -0.494 e. The van der Waals surface area contributed by atoms with E-state index in [-0.39, 0.29) is 16.9 Å². The molecule has 0 heterocycles. The molecule has 1 atom stereocenters. The van der Waals surface area contributed by atoms with Gasteiger partial charge in [-0.25, -0.2) is 9.18 Å². The average molecular weight is 254 g/mol. The molecule has 2 N–H and O–H groups in total. The molecule has 18 heavy (non-hydrogen) atoms. The molecule has 0 spiro atoms. The van der Waals surface area contributed by atoms with Crippen molar-refractivity contribution in [2.45, 2.75) is 19.4 Å². The number of ether oxygens (including phenoxy) is 1. The normalized spacial score (nSPS) is 13.2. The van der Waals surface area contributed by atoms with Crippen molar-refractivity contribution in [2.75, 3.05) is 7.11 Å². The number of aliphatic hydroxyl groups is 1. The SMILES string of the molecule is CCC=C(C(=O)O)C(O)c1ccc(OC)c(F)c1. The predicted octanol–water partition coefficient (Wildman–Crippen LogP) is 2.29. The number of halogens is 1. The predicted molar refractivity (Wildman–Crippen MR) is 63.9 cm³/mol. The first kappa shape index (κ1) is 14.2. The van der Waals surface area contributed by atoms with Gasteiger partial charge in [-0.05, 0) is 24.1 Å². The zero-order valence-corrected chi connectivity index (χ0v) is 10.2. The molecular weight excluding hydrogens is 239 g/mol. The van der Waals surface area contributed by atoms with Crippen LogP contribution in [0.2, 0.25) is 0 Å². The molecule has 0 aromatic heterocycles. The zero-order valence-electron chi connectivity index (χ0n) is 10.2. The third kappa shape index (κ3) is 3.07.